The van der Waals surface area contributed by atoms with Crippen LogP contribution in [0.4, 0.5) is 0 Å². The van der Waals surface area contributed by atoms with Crippen LogP contribution < -0.4 is 5.32 Å². The Bertz CT molecular complexity index is 416. The first-order chi connectivity index (χ1) is 9.11. The van der Waals surface area contributed by atoms with Gasteiger partial charge in [-0.1, -0.05) is 44.4 Å². The summed E-state index contributed by atoms with van der Waals surface area (Å²) in [5.41, 5.74) is 2.75. The zero-order valence-electron chi connectivity index (χ0n) is 12.4. The molecule has 19 heavy (non-hydrogen) atoms. The molecular weight excluding hydrogens is 254 g/mol. The second kappa shape index (κ2) is 6.76. The minimum atomic E-state index is 0.464. The molecule has 0 heterocycles. The average molecular weight is 280 g/mol. The summed E-state index contributed by atoms with van der Waals surface area (Å²) in [5, 5.41) is 4.55. The zero-order valence-corrected chi connectivity index (χ0v) is 13.1. The molecule has 0 saturated heterocycles. The van der Waals surface area contributed by atoms with Gasteiger partial charge in [-0.2, -0.15) is 0 Å². The van der Waals surface area contributed by atoms with Crippen LogP contribution in [0.2, 0.25) is 5.02 Å². The van der Waals surface area contributed by atoms with Crippen molar-refractivity contribution in [3.8, 4) is 0 Å². The maximum atomic E-state index is 6.20. The minimum absolute atomic E-state index is 0.464. The van der Waals surface area contributed by atoms with E-state index in [1.165, 1.54) is 36.8 Å². The van der Waals surface area contributed by atoms with E-state index < -0.39 is 0 Å². The molecule has 1 N–H and O–H groups in total. The van der Waals surface area contributed by atoms with Gasteiger partial charge in [0.2, 0.25) is 0 Å². The Kier molecular flexibility index (Phi) is 5.29. The molecule has 1 saturated carbocycles. The van der Waals surface area contributed by atoms with Gasteiger partial charge in [-0.05, 0) is 61.4 Å². The Hall–Kier alpha value is -0.530. The number of benzene rings is 1. The number of hydrogen-bond acceptors (Lipinski definition) is 1. The van der Waals surface area contributed by atoms with E-state index >= 15 is 0 Å². The van der Waals surface area contributed by atoms with E-state index in [2.05, 4.69) is 38.2 Å². The summed E-state index contributed by atoms with van der Waals surface area (Å²) in [6, 6.07) is 6.76. The van der Waals surface area contributed by atoms with Gasteiger partial charge in [0, 0.05) is 11.1 Å². The topological polar surface area (TPSA) is 12.0 Å². The van der Waals surface area contributed by atoms with Crippen molar-refractivity contribution < 1.29 is 0 Å². The lowest BCUT2D eigenvalue weighted by molar-refractivity contribution is 0.225. The van der Waals surface area contributed by atoms with E-state index in [0.717, 1.165) is 23.4 Å². The molecule has 2 heteroatoms. The summed E-state index contributed by atoms with van der Waals surface area (Å²) in [6.45, 7) is 7.79. The van der Waals surface area contributed by atoms with E-state index in [0.29, 0.717) is 6.04 Å². The van der Waals surface area contributed by atoms with Crippen LogP contribution in [0.15, 0.2) is 18.2 Å². The maximum absolute atomic E-state index is 6.20. The quantitative estimate of drug-likeness (QED) is 0.806. The fourth-order valence-electron chi connectivity index (χ4n) is 3.48. The van der Waals surface area contributed by atoms with Gasteiger partial charge >= 0.3 is 0 Å². The Balaban J connectivity index is 2.25. The molecule has 3 unspecified atom stereocenters. The monoisotopic (exact) mass is 279 g/mol. The van der Waals surface area contributed by atoms with Crippen LogP contribution in [0.25, 0.3) is 0 Å². The van der Waals surface area contributed by atoms with Crippen molar-refractivity contribution in [3.63, 3.8) is 0 Å². The first-order valence-corrected chi connectivity index (χ1v) is 7.99. The molecule has 0 aliphatic heterocycles. The largest absolute Gasteiger partial charge is 0.310 e. The van der Waals surface area contributed by atoms with Crippen molar-refractivity contribution in [2.24, 2.45) is 11.8 Å². The highest BCUT2D eigenvalue weighted by atomic mass is 35.5. The van der Waals surface area contributed by atoms with Gasteiger partial charge in [0.25, 0.3) is 0 Å². The predicted octanol–water partition coefficient (Wildman–Crippen LogP) is 5.13. The van der Waals surface area contributed by atoms with Gasteiger partial charge in [0.15, 0.2) is 0 Å². The number of nitrogens with one attached hydrogen (secondary N) is 1. The molecule has 0 spiro atoms. The van der Waals surface area contributed by atoms with Gasteiger partial charge in [-0.15, -0.1) is 0 Å². The van der Waals surface area contributed by atoms with Crippen molar-refractivity contribution in [2.75, 3.05) is 6.54 Å². The molecule has 0 amide bonds. The maximum Gasteiger partial charge on any atom is 0.0409 e. The standard InChI is InChI=1S/C17H26ClN/c1-4-19-17(14-7-5-6-12(2)10-14)16-11-15(18)9-8-13(16)3/h8-9,11-12,14,17,19H,4-7,10H2,1-3H3. The van der Waals surface area contributed by atoms with Gasteiger partial charge in [0.05, 0.1) is 0 Å². The molecule has 1 fully saturated rings. The van der Waals surface area contributed by atoms with Crippen molar-refractivity contribution >= 4 is 11.6 Å². The lowest BCUT2D eigenvalue weighted by Crippen LogP contribution is -2.31. The van der Waals surface area contributed by atoms with Crippen LogP contribution in [0.5, 0.6) is 0 Å². The third-order valence-corrected chi connectivity index (χ3v) is 4.68. The van der Waals surface area contributed by atoms with Crippen molar-refractivity contribution in [1.29, 1.82) is 0 Å². The van der Waals surface area contributed by atoms with Crippen LogP contribution in [0.3, 0.4) is 0 Å². The third-order valence-electron chi connectivity index (χ3n) is 4.45. The van der Waals surface area contributed by atoms with Gasteiger partial charge in [-0.25, -0.2) is 0 Å². The first kappa shape index (κ1) is 14.9. The van der Waals surface area contributed by atoms with E-state index in [1.54, 1.807) is 0 Å². The number of rotatable bonds is 4. The van der Waals surface area contributed by atoms with Gasteiger partial charge in [-0.3, -0.25) is 0 Å². The summed E-state index contributed by atoms with van der Waals surface area (Å²) in [4.78, 5) is 0. The number of aryl methyl sites for hydroxylation is 1. The Morgan fingerprint density at radius 1 is 1.37 bits per heavy atom. The highest BCUT2D eigenvalue weighted by Gasteiger charge is 2.28. The summed E-state index contributed by atoms with van der Waals surface area (Å²) in [6.07, 6.45) is 5.44. The summed E-state index contributed by atoms with van der Waals surface area (Å²) in [7, 11) is 0. The fraction of sp³-hybridized carbons (Fsp3) is 0.647. The molecule has 1 aromatic carbocycles. The number of halogens is 1. The second-order valence-electron chi connectivity index (χ2n) is 6.07. The molecule has 2 rings (SSSR count). The molecule has 1 aliphatic carbocycles. The Labute approximate surface area is 122 Å². The van der Waals surface area contributed by atoms with E-state index in [9.17, 15) is 0 Å². The minimum Gasteiger partial charge on any atom is -0.310 e. The lowest BCUT2D eigenvalue weighted by atomic mass is 9.76. The van der Waals surface area contributed by atoms with Crippen LogP contribution in [-0.2, 0) is 0 Å². The van der Waals surface area contributed by atoms with Crippen molar-refractivity contribution in [3.05, 3.63) is 34.3 Å². The van der Waals surface area contributed by atoms with Crippen LogP contribution in [0, 0.1) is 18.8 Å². The molecule has 106 valence electrons. The molecule has 0 bridgehead atoms. The molecular formula is C17H26ClN. The first-order valence-electron chi connectivity index (χ1n) is 7.61. The van der Waals surface area contributed by atoms with Crippen LogP contribution >= 0.6 is 11.6 Å². The summed E-state index contributed by atoms with van der Waals surface area (Å²) in [5.74, 6) is 1.61. The van der Waals surface area contributed by atoms with Gasteiger partial charge < -0.3 is 5.32 Å². The molecule has 3 atom stereocenters. The zero-order chi connectivity index (χ0) is 13.8. The average Bonchev–Trinajstić information content (AvgIpc) is 2.39. The highest BCUT2D eigenvalue weighted by molar-refractivity contribution is 6.30. The molecule has 0 aromatic heterocycles. The Morgan fingerprint density at radius 2 is 2.16 bits per heavy atom. The lowest BCUT2D eigenvalue weighted by Gasteiger charge is -2.35. The second-order valence-corrected chi connectivity index (χ2v) is 6.50. The predicted molar refractivity (Wildman–Crippen MR) is 83.7 cm³/mol. The fourth-order valence-corrected chi connectivity index (χ4v) is 3.66. The SMILES string of the molecule is CCNC(c1cc(Cl)ccc1C)C1CCCC(C)C1. The molecule has 1 nitrogen and oxygen atoms in total. The highest BCUT2D eigenvalue weighted by Crippen LogP contribution is 2.38. The normalized spacial score (nSPS) is 25.3. The Morgan fingerprint density at radius 3 is 2.84 bits per heavy atom. The van der Waals surface area contributed by atoms with E-state index in [4.69, 9.17) is 11.6 Å². The van der Waals surface area contributed by atoms with Crippen molar-refractivity contribution in [2.45, 2.75) is 52.5 Å². The van der Waals surface area contributed by atoms with Crippen LogP contribution in [-0.4, -0.2) is 6.54 Å². The molecule has 1 aromatic rings. The van der Waals surface area contributed by atoms with E-state index in [-0.39, 0.29) is 0 Å². The van der Waals surface area contributed by atoms with E-state index in [1.807, 2.05) is 6.07 Å². The summed E-state index contributed by atoms with van der Waals surface area (Å²) < 4.78 is 0. The molecule has 0 radical (unpaired) electrons. The summed E-state index contributed by atoms with van der Waals surface area (Å²) >= 11 is 6.20. The molecule has 1 aliphatic rings. The van der Waals surface area contributed by atoms with Crippen molar-refractivity contribution in [1.82, 2.24) is 5.32 Å². The van der Waals surface area contributed by atoms with Gasteiger partial charge in [0.1, 0.15) is 0 Å². The number of hydrogen-bond donors (Lipinski definition) is 1. The smallest absolute Gasteiger partial charge is 0.0409 e. The third kappa shape index (κ3) is 3.73. The van der Waals surface area contributed by atoms with Crippen LogP contribution in [0.1, 0.15) is 56.7 Å².